The van der Waals surface area contributed by atoms with Crippen molar-refractivity contribution in [2.24, 2.45) is 0 Å². The van der Waals surface area contributed by atoms with Gasteiger partial charge in [-0.3, -0.25) is 4.79 Å². The largest absolute Gasteiger partial charge is 0.379 e. The predicted octanol–water partition coefficient (Wildman–Crippen LogP) is 0.991. The number of ketones is 1. The Labute approximate surface area is 101 Å². The van der Waals surface area contributed by atoms with Gasteiger partial charge in [-0.1, -0.05) is 18.2 Å². The maximum Gasteiger partial charge on any atom is 0.186 e. The fourth-order valence-corrected chi connectivity index (χ4v) is 3.45. The van der Waals surface area contributed by atoms with Crippen molar-refractivity contribution in [3.05, 3.63) is 29.8 Å². The van der Waals surface area contributed by atoms with E-state index in [4.69, 9.17) is 4.74 Å². The van der Waals surface area contributed by atoms with E-state index in [9.17, 15) is 13.2 Å². The molecule has 92 valence electrons. The third-order valence-corrected chi connectivity index (χ3v) is 4.93. The lowest BCUT2D eigenvalue weighted by Crippen LogP contribution is -2.41. The molecule has 1 aliphatic heterocycles. The molecule has 0 N–H and O–H groups in total. The van der Waals surface area contributed by atoms with Gasteiger partial charge in [0.1, 0.15) is 11.0 Å². The van der Waals surface area contributed by atoms with E-state index in [0.29, 0.717) is 5.56 Å². The van der Waals surface area contributed by atoms with E-state index < -0.39 is 15.1 Å². The molecule has 0 spiro atoms. The Morgan fingerprint density at radius 1 is 1.35 bits per heavy atom. The minimum absolute atomic E-state index is 0.0440. The molecule has 1 heterocycles. The van der Waals surface area contributed by atoms with Crippen LogP contribution in [0.2, 0.25) is 0 Å². The van der Waals surface area contributed by atoms with E-state index in [1.807, 2.05) is 0 Å². The minimum atomic E-state index is -3.36. The van der Waals surface area contributed by atoms with Crippen LogP contribution in [0, 0.1) is 0 Å². The number of ether oxygens (including phenoxy) is 1. The van der Waals surface area contributed by atoms with Gasteiger partial charge in [0.15, 0.2) is 9.84 Å². The molecule has 0 radical (unpaired) electrons. The molecule has 17 heavy (non-hydrogen) atoms. The number of sulfone groups is 1. The molecule has 1 aromatic carbocycles. The summed E-state index contributed by atoms with van der Waals surface area (Å²) in [5.74, 6) is -0.0440. The maximum atomic E-state index is 12.2. The molecule has 1 aliphatic rings. The molecule has 0 bridgehead atoms. The average molecular weight is 254 g/mol. The molecule has 0 aromatic heterocycles. The highest BCUT2D eigenvalue weighted by molar-refractivity contribution is 7.92. The van der Waals surface area contributed by atoms with Gasteiger partial charge in [0.25, 0.3) is 0 Å². The number of hydrogen-bond acceptors (Lipinski definition) is 4. The van der Waals surface area contributed by atoms with Crippen molar-refractivity contribution in [1.29, 1.82) is 0 Å². The number of rotatable bonds is 4. The second-order valence-corrected chi connectivity index (χ2v) is 6.39. The molecule has 0 aliphatic carbocycles. The van der Waals surface area contributed by atoms with Gasteiger partial charge >= 0.3 is 0 Å². The number of benzene rings is 1. The summed E-state index contributed by atoms with van der Waals surface area (Å²) < 4.78 is 29.4. The van der Waals surface area contributed by atoms with Crippen LogP contribution < -0.4 is 0 Å². The van der Waals surface area contributed by atoms with E-state index in [1.165, 1.54) is 6.92 Å². The highest BCUT2D eigenvalue weighted by Gasteiger charge is 2.35. The first-order valence-corrected chi connectivity index (χ1v) is 6.95. The molecular formula is C12H14O4S. The van der Waals surface area contributed by atoms with Crippen molar-refractivity contribution in [1.82, 2.24) is 0 Å². The van der Waals surface area contributed by atoms with Crippen molar-refractivity contribution in [2.75, 3.05) is 13.2 Å². The zero-order chi connectivity index (χ0) is 12.5. The van der Waals surface area contributed by atoms with E-state index >= 15 is 0 Å². The summed E-state index contributed by atoms with van der Waals surface area (Å²) in [5, 5.41) is -0.462. The second kappa shape index (κ2) is 4.58. The standard InChI is InChI=1S/C12H14O4S/c1-9(13)6-10-4-2-3-5-12(10)17(14,15)11-7-16-8-11/h2-5,11H,6-8H2,1H3. The first-order chi connectivity index (χ1) is 8.01. The number of carbonyl (C=O) groups is 1. The molecule has 0 atom stereocenters. The summed E-state index contributed by atoms with van der Waals surface area (Å²) in [6.45, 7) is 1.95. The van der Waals surface area contributed by atoms with Crippen LogP contribution >= 0.6 is 0 Å². The Morgan fingerprint density at radius 3 is 2.53 bits per heavy atom. The summed E-state index contributed by atoms with van der Waals surface area (Å²) in [6, 6.07) is 6.67. The fraction of sp³-hybridized carbons (Fsp3) is 0.417. The van der Waals surface area contributed by atoms with Gasteiger partial charge in [-0.2, -0.15) is 0 Å². The van der Waals surface area contributed by atoms with Crippen LogP contribution in [0.4, 0.5) is 0 Å². The Hall–Kier alpha value is -1.20. The summed E-state index contributed by atoms with van der Waals surface area (Å²) in [5.41, 5.74) is 0.576. The quantitative estimate of drug-likeness (QED) is 0.804. The first kappa shape index (κ1) is 12.3. The maximum absolute atomic E-state index is 12.2. The van der Waals surface area contributed by atoms with Crippen molar-refractivity contribution in [2.45, 2.75) is 23.5 Å². The van der Waals surface area contributed by atoms with Crippen molar-refractivity contribution in [3.8, 4) is 0 Å². The van der Waals surface area contributed by atoms with Crippen LogP contribution in [0.15, 0.2) is 29.2 Å². The molecule has 4 nitrogen and oxygen atoms in total. The number of Topliss-reactive ketones (excluding diaryl/α,β-unsaturated/α-hetero) is 1. The molecule has 0 unspecified atom stereocenters. The summed E-state index contributed by atoms with van der Waals surface area (Å²) in [7, 11) is -3.36. The lowest BCUT2D eigenvalue weighted by Gasteiger charge is -2.26. The smallest absolute Gasteiger partial charge is 0.186 e. The summed E-state index contributed by atoms with van der Waals surface area (Å²) in [6.07, 6.45) is 0.156. The monoisotopic (exact) mass is 254 g/mol. The predicted molar refractivity (Wildman–Crippen MR) is 62.6 cm³/mol. The van der Waals surface area contributed by atoms with Crippen molar-refractivity contribution < 1.29 is 17.9 Å². The average Bonchev–Trinajstić information content (AvgIpc) is 2.13. The Kier molecular flexibility index (Phi) is 3.31. The van der Waals surface area contributed by atoms with Crippen molar-refractivity contribution >= 4 is 15.6 Å². The van der Waals surface area contributed by atoms with Crippen molar-refractivity contribution in [3.63, 3.8) is 0 Å². The normalized spacial score (nSPS) is 16.5. The van der Waals surface area contributed by atoms with Crippen LogP contribution in [0.3, 0.4) is 0 Å². The second-order valence-electron chi connectivity index (χ2n) is 4.19. The lowest BCUT2D eigenvalue weighted by atomic mass is 10.1. The number of hydrogen-bond donors (Lipinski definition) is 0. The topological polar surface area (TPSA) is 60.4 Å². The lowest BCUT2D eigenvalue weighted by molar-refractivity contribution is -0.116. The van der Waals surface area contributed by atoms with E-state index in [0.717, 1.165) is 0 Å². The van der Waals surface area contributed by atoms with Gasteiger partial charge in [-0.15, -0.1) is 0 Å². The molecule has 0 amide bonds. The van der Waals surface area contributed by atoms with E-state index in [-0.39, 0.29) is 30.3 Å². The highest BCUT2D eigenvalue weighted by atomic mass is 32.2. The van der Waals surface area contributed by atoms with Crippen LogP contribution in [-0.2, 0) is 25.8 Å². The van der Waals surface area contributed by atoms with E-state index in [2.05, 4.69) is 0 Å². The van der Waals surface area contributed by atoms with Gasteiger partial charge in [-0.05, 0) is 18.6 Å². The van der Waals surface area contributed by atoms with Gasteiger partial charge < -0.3 is 4.74 Å². The van der Waals surface area contributed by atoms with Crippen LogP contribution in [0.1, 0.15) is 12.5 Å². The minimum Gasteiger partial charge on any atom is -0.379 e. The molecule has 1 aromatic rings. The van der Waals surface area contributed by atoms with Gasteiger partial charge in [-0.25, -0.2) is 8.42 Å². The Bertz CT molecular complexity index is 529. The van der Waals surface area contributed by atoms with Crippen LogP contribution in [-0.4, -0.2) is 32.7 Å². The Morgan fingerprint density at radius 2 is 2.00 bits per heavy atom. The molecule has 0 saturated carbocycles. The third-order valence-electron chi connectivity index (χ3n) is 2.76. The third kappa shape index (κ3) is 2.40. The SMILES string of the molecule is CC(=O)Cc1ccccc1S(=O)(=O)C1COC1. The van der Waals surface area contributed by atoms with Crippen LogP contribution in [0.5, 0.6) is 0 Å². The van der Waals surface area contributed by atoms with Gasteiger partial charge in [0.05, 0.1) is 18.1 Å². The first-order valence-electron chi connectivity index (χ1n) is 5.41. The van der Waals surface area contributed by atoms with Crippen LogP contribution in [0.25, 0.3) is 0 Å². The molecule has 1 fully saturated rings. The number of carbonyl (C=O) groups excluding carboxylic acids is 1. The molecular weight excluding hydrogens is 240 g/mol. The van der Waals surface area contributed by atoms with E-state index in [1.54, 1.807) is 24.3 Å². The summed E-state index contributed by atoms with van der Waals surface area (Å²) in [4.78, 5) is 11.4. The zero-order valence-corrected chi connectivity index (χ0v) is 10.4. The van der Waals surface area contributed by atoms with Gasteiger partial charge in [0.2, 0.25) is 0 Å². The summed E-state index contributed by atoms with van der Waals surface area (Å²) >= 11 is 0. The zero-order valence-electron chi connectivity index (χ0n) is 9.55. The molecule has 5 heteroatoms. The van der Waals surface area contributed by atoms with Gasteiger partial charge in [0, 0.05) is 6.42 Å². The highest BCUT2D eigenvalue weighted by Crippen LogP contribution is 2.24. The molecule has 2 rings (SSSR count). The molecule has 1 saturated heterocycles. The Balaban J connectivity index is 2.40. The fourth-order valence-electron chi connectivity index (χ4n) is 1.77.